The topological polar surface area (TPSA) is 61.4 Å². The summed E-state index contributed by atoms with van der Waals surface area (Å²) in [4.78, 5) is 25.3. The predicted octanol–water partition coefficient (Wildman–Crippen LogP) is 1.86. The van der Waals surface area contributed by atoms with Crippen molar-refractivity contribution in [2.45, 2.75) is 26.8 Å². The third kappa shape index (κ3) is 6.67. The Morgan fingerprint density at radius 1 is 1.18 bits per heavy atom. The maximum absolute atomic E-state index is 13.0. The maximum atomic E-state index is 13.0. The molecule has 22 heavy (non-hydrogen) atoms. The summed E-state index contributed by atoms with van der Waals surface area (Å²) in [7, 11) is 1.69. The third-order valence-corrected chi connectivity index (χ3v) is 3.32. The van der Waals surface area contributed by atoms with Gasteiger partial charge >= 0.3 is 0 Å². The molecule has 1 aromatic carbocycles. The van der Waals surface area contributed by atoms with E-state index in [2.05, 4.69) is 10.6 Å². The van der Waals surface area contributed by atoms with Crippen molar-refractivity contribution < 1.29 is 14.0 Å². The molecule has 0 saturated heterocycles. The highest BCUT2D eigenvalue weighted by Gasteiger charge is 2.14. The van der Waals surface area contributed by atoms with Crippen LogP contribution in [0.2, 0.25) is 0 Å². The minimum Gasteiger partial charge on any atom is -0.352 e. The van der Waals surface area contributed by atoms with Crippen LogP contribution in [0.3, 0.4) is 0 Å². The summed E-state index contributed by atoms with van der Waals surface area (Å²) in [6, 6.07) is 5.77. The van der Waals surface area contributed by atoms with E-state index in [1.807, 2.05) is 20.8 Å². The molecular weight excluding hydrogens is 285 g/mol. The number of hydrogen-bond donors (Lipinski definition) is 2. The molecule has 122 valence electrons. The van der Waals surface area contributed by atoms with Crippen LogP contribution in [0.5, 0.6) is 0 Å². The van der Waals surface area contributed by atoms with Crippen molar-refractivity contribution in [3.05, 3.63) is 30.1 Å². The van der Waals surface area contributed by atoms with E-state index in [1.54, 1.807) is 18.0 Å². The van der Waals surface area contributed by atoms with Crippen molar-refractivity contribution in [1.29, 1.82) is 0 Å². The monoisotopic (exact) mass is 309 g/mol. The van der Waals surface area contributed by atoms with Crippen LogP contribution in [0.1, 0.15) is 20.8 Å². The Bertz CT molecular complexity index is 520. The zero-order valence-electron chi connectivity index (χ0n) is 13.5. The summed E-state index contributed by atoms with van der Waals surface area (Å²) in [5, 5.41) is 5.47. The molecule has 1 atom stereocenters. The minimum atomic E-state index is -0.409. The van der Waals surface area contributed by atoms with Gasteiger partial charge in [0.05, 0.1) is 13.1 Å². The van der Waals surface area contributed by atoms with E-state index in [-0.39, 0.29) is 30.9 Å². The number of halogens is 1. The number of carbonyl (C=O) groups is 2. The smallest absolute Gasteiger partial charge is 0.238 e. The largest absolute Gasteiger partial charge is 0.352 e. The summed E-state index contributed by atoms with van der Waals surface area (Å²) >= 11 is 0. The van der Waals surface area contributed by atoms with Crippen LogP contribution in [-0.4, -0.2) is 42.9 Å². The molecule has 6 heteroatoms. The van der Waals surface area contributed by atoms with Crippen molar-refractivity contribution in [2.24, 2.45) is 5.92 Å². The first-order valence-electron chi connectivity index (χ1n) is 7.31. The fourth-order valence-electron chi connectivity index (χ4n) is 1.78. The molecule has 1 aromatic rings. The summed E-state index contributed by atoms with van der Waals surface area (Å²) in [5.41, 5.74) is 0.399. The van der Waals surface area contributed by atoms with Crippen molar-refractivity contribution in [3.63, 3.8) is 0 Å². The van der Waals surface area contributed by atoms with Crippen LogP contribution in [-0.2, 0) is 9.59 Å². The number of nitrogens with one attached hydrogen (secondary N) is 2. The Morgan fingerprint density at radius 2 is 1.82 bits per heavy atom. The molecule has 0 aliphatic carbocycles. The third-order valence-electron chi connectivity index (χ3n) is 3.32. The van der Waals surface area contributed by atoms with E-state index in [0.29, 0.717) is 11.6 Å². The minimum absolute atomic E-state index is 0.0555. The molecule has 0 bridgehead atoms. The number of nitrogens with zero attached hydrogens (tertiary/aromatic N) is 1. The van der Waals surface area contributed by atoms with Crippen molar-refractivity contribution in [1.82, 2.24) is 10.2 Å². The Morgan fingerprint density at radius 3 is 2.41 bits per heavy atom. The molecule has 0 aliphatic heterocycles. The Hall–Kier alpha value is -1.95. The maximum Gasteiger partial charge on any atom is 0.238 e. The van der Waals surface area contributed by atoms with Gasteiger partial charge in [0.25, 0.3) is 0 Å². The number of carbonyl (C=O) groups excluding carboxylic acids is 2. The average Bonchev–Trinajstić information content (AvgIpc) is 2.37. The molecule has 0 radical (unpaired) electrons. The van der Waals surface area contributed by atoms with Crippen molar-refractivity contribution >= 4 is 17.5 Å². The SMILES string of the molecule is CC(C)[C@H](C)NC(=O)CN(C)CC(=O)Nc1cccc(F)c1. The van der Waals surface area contributed by atoms with Gasteiger partial charge in [-0.2, -0.15) is 0 Å². The number of likely N-dealkylation sites (N-methyl/N-ethyl adjacent to an activating group) is 1. The summed E-state index contributed by atoms with van der Waals surface area (Å²) in [6.45, 7) is 6.19. The molecule has 5 nitrogen and oxygen atoms in total. The Labute approximate surface area is 130 Å². The predicted molar refractivity (Wildman–Crippen MR) is 85.0 cm³/mol. The highest BCUT2D eigenvalue weighted by Crippen LogP contribution is 2.08. The molecule has 2 amide bonds. The molecule has 0 saturated carbocycles. The summed E-state index contributed by atoms with van der Waals surface area (Å²) in [5.74, 6) is -0.473. The second-order valence-electron chi connectivity index (χ2n) is 5.83. The van der Waals surface area contributed by atoms with Gasteiger partial charge in [-0.05, 0) is 38.1 Å². The van der Waals surface area contributed by atoms with Gasteiger partial charge in [-0.15, -0.1) is 0 Å². The normalized spacial score (nSPS) is 12.3. The van der Waals surface area contributed by atoms with Crippen molar-refractivity contribution in [3.8, 4) is 0 Å². The second-order valence-corrected chi connectivity index (χ2v) is 5.83. The quantitative estimate of drug-likeness (QED) is 0.808. The van der Waals surface area contributed by atoms with E-state index in [0.717, 1.165) is 0 Å². The number of rotatable bonds is 7. The number of amides is 2. The Balaban J connectivity index is 2.39. The van der Waals surface area contributed by atoms with Gasteiger partial charge in [0.2, 0.25) is 11.8 Å². The van der Waals surface area contributed by atoms with Gasteiger partial charge in [-0.25, -0.2) is 4.39 Å². The van der Waals surface area contributed by atoms with Gasteiger partial charge in [-0.3, -0.25) is 14.5 Å². The number of anilines is 1. The summed E-state index contributed by atoms with van der Waals surface area (Å²) in [6.07, 6.45) is 0. The summed E-state index contributed by atoms with van der Waals surface area (Å²) < 4.78 is 13.0. The number of benzene rings is 1. The molecule has 0 fully saturated rings. The van der Waals surface area contributed by atoms with E-state index < -0.39 is 5.82 Å². The molecule has 0 spiro atoms. The second kappa shape index (κ2) is 8.48. The molecule has 0 heterocycles. The van der Waals surface area contributed by atoms with Crippen LogP contribution >= 0.6 is 0 Å². The van der Waals surface area contributed by atoms with E-state index in [9.17, 15) is 14.0 Å². The van der Waals surface area contributed by atoms with Crippen molar-refractivity contribution in [2.75, 3.05) is 25.5 Å². The van der Waals surface area contributed by atoms with Crippen LogP contribution in [0, 0.1) is 11.7 Å². The lowest BCUT2D eigenvalue weighted by Crippen LogP contribution is -2.43. The fourth-order valence-corrected chi connectivity index (χ4v) is 1.78. The zero-order valence-corrected chi connectivity index (χ0v) is 13.5. The standard InChI is InChI=1S/C16H24FN3O2/c1-11(2)12(3)18-15(21)9-20(4)10-16(22)19-14-7-5-6-13(17)8-14/h5-8,11-12H,9-10H2,1-4H3,(H,18,21)(H,19,22)/t12-/m0/s1. The van der Waals surface area contributed by atoms with Crippen LogP contribution in [0.25, 0.3) is 0 Å². The van der Waals surface area contributed by atoms with Crippen LogP contribution in [0.4, 0.5) is 10.1 Å². The lowest BCUT2D eigenvalue weighted by molar-refractivity contribution is -0.123. The van der Waals surface area contributed by atoms with E-state index in [4.69, 9.17) is 0 Å². The first-order chi connectivity index (χ1) is 10.3. The molecule has 0 unspecified atom stereocenters. The van der Waals surface area contributed by atoms with Gasteiger partial charge in [-0.1, -0.05) is 19.9 Å². The average molecular weight is 309 g/mol. The Kier molecular flexibility index (Phi) is 6.98. The van der Waals surface area contributed by atoms with Crippen LogP contribution < -0.4 is 10.6 Å². The van der Waals surface area contributed by atoms with Gasteiger partial charge in [0, 0.05) is 11.7 Å². The van der Waals surface area contributed by atoms with Gasteiger partial charge in [0.15, 0.2) is 0 Å². The molecule has 1 rings (SSSR count). The number of hydrogen-bond acceptors (Lipinski definition) is 3. The molecule has 2 N–H and O–H groups in total. The first-order valence-corrected chi connectivity index (χ1v) is 7.31. The molecule has 0 aromatic heterocycles. The zero-order chi connectivity index (χ0) is 16.7. The first kappa shape index (κ1) is 18.1. The fraction of sp³-hybridized carbons (Fsp3) is 0.500. The van der Waals surface area contributed by atoms with Gasteiger partial charge in [0.1, 0.15) is 5.82 Å². The lowest BCUT2D eigenvalue weighted by Gasteiger charge is -2.20. The van der Waals surface area contributed by atoms with E-state index >= 15 is 0 Å². The van der Waals surface area contributed by atoms with Crippen LogP contribution in [0.15, 0.2) is 24.3 Å². The van der Waals surface area contributed by atoms with Gasteiger partial charge < -0.3 is 10.6 Å². The highest BCUT2D eigenvalue weighted by molar-refractivity contribution is 5.92. The lowest BCUT2D eigenvalue weighted by atomic mass is 10.1. The molecular formula is C16H24FN3O2. The van der Waals surface area contributed by atoms with E-state index in [1.165, 1.54) is 18.2 Å². The molecule has 0 aliphatic rings. The highest BCUT2D eigenvalue weighted by atomic mass is 19.1.